The van der Waals surface area contributed by atoms with Crippen LogP contribution < -0.4 is 10.6 Å². The van der Waals surface area contributed by atoms with Crippen molar-refractivity contribution in [1.82, 2.24) is 19.9 Å². The zero-order valence-electron chi connectivity index (χ0n) is 24.0. The fourth-order valence-electron chi connectivity index (χ4n) is 5.84. The van der Waals surface area contributed by atoms with Gasteiger partial charge in [-0.3, -0.25) is 9.78 Å². The third-order valence-electron chi connectivity index (χ3n) is 8.23. The van der Waals surface area contributed by atoms with Gasteiger partial charge >= 0.3 is 0 Å². The van der Waals surface area contributed by atoms with Crippen molar-refractivity contribution in [2.45, 2.75) is 83.1 Å². The first kappa shape index (κ1) is 29.5. The summed E-state index contributed by atoms with van der Waals surface area (Å²) in [7, 11) is 0. The number of anilines is 2. The molecule has 0 unspecified atom stereocenters. The van der Waals surface area contributed by atoms with Gasteiger partial charge in [-0.2, -0.15) is 4.98 Å². The Morgan fingerprint density at radius 1 is 1.09 bits per heavy atom. The number of aryl methyl sites for hydroxylation is 1. The first-order valence-electron chi connectivity index (χ1n) is 14.7. The second-order valence-corrected chi connectivity index (χ2v) is 12.5. The van der Waals surface area contributed by atoms with E-state index in [1.54, 1.807) is 13.1 Å². The Kier molecular flexibility index (Phi) is 8.34. The van der Waals surface area contributed by atoms with Gasteiger partial charge < -0.3 is 20.8 Å². The molecule has 226 valence electrons. The number of aliphatic hydroxyl groups excluding tert-OH is 2. The molecule has 43 heavy (non-hydrogen) atoms. The highest BCUT2D eigenvalue weighted by Crippen LogP contribution is 2.44. The van der Waals surface area contributed by atoms with Gasteiger partial charge in [0.1, 0.15) is 39.9 Å². The number of carbonyl (C=O) groups is 1. The Morgan fingerprint density at radius 3 is 2.58 bits per heavy atom. The number of Topliss-reactive ketones (excluding diaryl/α,β-unsaturated/α-hetero) is 1. The highest BCUT2D eigenvalue weighted by molar-refractivity contribution is 7.21. The SMILES string of the molecule is CCCC(=O)C[C@H]1C[C@@H](Nc2nc(NCc3c(F)cccc3F)nc(C)c2-c2nc3c(C4CC4)nccc3s2)[C@H](O)[C@@H]1O. The Balaban J connectivity index is 1.35. The summed E-state index contributed by atoms with van der Waals surface area (Å²) in [5, 5.41) is 28.7. The van der Waals surface area contributed by atoms with Crippen molar-refractivity contribution >= 4 is 39.1 Å². The summed E-state index contributed by atoms with van der Waals surface area (Å²) >= 11 is 1.48. The molecule has 4 aromatic rings. The first-order chi connectivity index (χ1) is 20.7. The Hall–Kier alpha value is -3.61. The molecule has 9 nitrogen and oxygen atoms in total. The molecule has 0 aliphatic heterocycles. The summed E-state index contributed by atoms with van der Waals surface area (Å²) in [6.07, 6.45) is 3.47. The number of pyridine rings is 1. The van der Waals surface area contributed by atoms with Crippen LogP contribution in [-0.2, 0) is 11.3 Å². The molecule has 0 radical (unpaired) electrons. The lowest BCUT2D eigenvalue weighted by molar-refractivity contribution is -0.121. The molecule has 3 heterocycles. The van der Waals surface area contributed by atoms with Crippen molar-refractivity contribution in [1.29, 1.82) is 0 Å². The van der Waals surface area contributed by atoms with Crippen LogP contribution >= 0.6 is 11.3 Å². The van der Waals surface area contributed by atoms with E-state index < -0.39 is 35.8 Å². The second kappa shape index (κ2) is 12.2. The van der Waals surface area contributed by atoms with Gasteiger partial charge in [0.25, 0.3) is 0 Å². The average Bonchev–Trinajstić information content (AvgIpc) is 3.67. The lowest BCUT2D eigenvalue weighted by atomic mass is 9.96. The highest BCUT2D eigenvalue weighted by Gasteiger charge is 2.42. The molecule has 3 aromatic heterocycles. The number of hydrogen-bond donors (Lipinski definition) is 4. The third kappa shape index (κ3) is 6.09. The van der Waals surface area contributed by atoms with Gasteiger partial charge in [0.05, 0.1) is 33.8 Å². The zero-order chi connectivity index (χ0) is 30.2. The lowest BCUT2D eigenvalue weighted by Gasteiger charge is -2.21. The third-order valence-corrected chi connectivity index (χ3v) is 9.27. The van der Waals surface area contributed by atoms with Crippen molar-refractivity contribution in [2.75, 3.05) is 10.6 Å². The summed E-state index contributed by atoms with van der Waals surface area (Å²) < 4.78 is 29.6. The minimum absolute atomic E-state index is 0.0550. The molecule has 0 saturated heterocycles. The summed E-state index contributed by atoms with van der Waals surface area (Å²) in [5.41, 5.74) is 2.88. The van der Waals surface area contributed by atoms with Gasteiger partial charge in [-0.25, -0.2) is 18.7 Å². The summed E-state index contributed by atoms with van der Waals surface area (Å²) in [6, 6.07) is 5.01. The number of rotatable bonds is 11. The van der Waals surface area contributed by atoms with Gasteiger partial charge in [-0.15, -0.1) is 11.3 Å². The van der Waals surface area contributed by atoms with Crippen LogP contribution in [0, 0.1) is 24.5 Å². The van der Waals surface area contributed by atoms with E-state index in [9.17, 15) is 23.8 Å². The number of carbonyl (C=O) groups excluding carboxylic acids is 1. The standard InChI is InChI=1S/C31H34F2N6O3S/c1-3-5-18(40)12-17-13-22(28(42)27(17)41)37-29-24(30-38-26-23(43-30)10-11-34-25(26)16-8-9-16)15(2)36-31(39-29)35-14-19-20(32)6-4-7-21(19)33/h4,6-7,10-11,16-17,22,27-28,41-42H,3,5,8-9,12-14H2,1-2H3,(H2,35,36,37,39)/t17-,22+,27+,28-/m0/s1. The van der Waals surface area contributed by atoms with Gasteiger partial charge in [0.2, 0.25) is 5.95 Å². The number of fused-ring (bicyclic) bond motifs is 1. The van der Waals surface area contributed by atoms with Crippen molar-refractivity contribution in [3.8, 4) is 10.6 Å². The molecule has 12 heteroatoms. The normalized spacial score (nSPS) is 21.8. The van der Waals surface area contributed by atoms with Crippen LogP contribution in [0.2, 0.25) is 0 Å². The maximum absolute atomic E-state index is 14.3. The summed E-state index contributed by atoms with van der Waals surface area (Å²) in [6.45, 7) is 3.55. The maximum Gasteiger partial charge on any atom is 0.225 e. The quantitative estimate of drug-likeness (QED) is 0.174. The predicted molar refractivity (Wildman–Crippen MR) is 161 cm³/mol. The topological polar surface area (TPSA) is 133 Å². The summed E-state index contributed by atoms with van der Waals surface area (Å²) in [4.78, 5) is 31.2. The number of hydrogen-bond acceptors (Lipinski definition) is 10. The Bertz CT molecular complexity index is 1640. The number of nitrogens with zero attached hydrogens (tertiary/aromatic N) is 4. The molecule has 0 spiro atoms. The van der Waals surface area contributed by atoms with Crippen LogP contribution in [0.1, 0.15) is 68.3 Å². The minimum atomic E-state index is -1.13. The van der Waals surface area contributed by atoms with Gasteiger partial charge in [-0.05, 0) is 56.7 Å². The van der Waals surface area contributed by atoms with E-state index in [4.69, 9.17) is 4.98 Å². The number of aromatic nitrogens is 4. The van der Waals surface area contributed by atoms with Crippen LogP contribution in [0.5, 0.6) is 0 Å². The van der Waals surface area contributed by atoms with Crippen molar-refractivity contribution < 1.29 is 23.8 Å². The van der Waals surface area contributed by atoms with E-state index >= 15 is 0 Å². The molecule has 4 N–H and O–H groups in total. The molecule has 6 rings (SSSR count). The monoisotopic (exact) mass is 608 g/mol. The molecule has 2 fully saturated rings. The first-order valence-corrected chi connectivity index (χ1v) is 15.5. The second-order valence-electron chi connectivity index (χ2n) is 11.5. The summed E-state index contributed by atoms with van der Waals surface area (Å²) in [5.74, 6) is -0.799. The van der Waals surface area contributed by atoms with Gasteiger partial charge in [0.15, 0.2) is 0 Å². The molecule has 1 aromatic carbocycles. The molecule has 4 atom stereocenters. The van der Waals surface area contributed by atoms with E-state index in [0.717, 1.165) is 35.2 Å². The Labute approximate surface area is 251 Å². The number of halogens is 2. The smallest absolute Gasteiger partial charge is 0.225 e. The molecule has 2 aliphatic rings. The van der Waals surface area contributed by atoms with E-state index in [0.29, 0.717) is 40.8 Å². The number of thiazole rings is 1. The fraction of sp³-hybridized carbons (Fsp3) is 0.452. The van der Waals surface area contributed by atoms with Gasteiger partial charge in [0, 0.05) is 37.1 Å². The number of benzene rings is 1. The molecule has 2 aliphatic carbocycles. The van der Waals surface area contributed by atoms with Crippen LogP contribution in [0.3, 0.4) is 0 Å². The maximum atomic E-state index is 14.3. The van der Waals surface area contributed by atoms with E-state index in [-0.39, 0.29) is 30.3 Å². The molecule has 2 saturated carbocycles. The Morgan fingerprint density at radius 2 is 1.86 bits per heavy atom. The molecular weight excluding hydrogens is 574 g/mol. The fourth-order valence-corrected chi connectivity index (χ4v) is 6.91. The number of nitrogens with one attached hydrogen (secondary N) is 2. The zero-order valence-corrected chi connectivity index (χ0v) is 24.8. The largest absolute Gasteiger partial charge is 0.390 e. The van der Waals surface area contributed by atoms with Crippen LogP contribution in [0.25, 0.3) is 20.8 Å². The molecule has 0 bridgehead atoms. The number of aliphatic hydroxyl groups is 2. The molecular formula is C31H34F2N6O3S. The molecule has 0 amide bonds. The highest BCUT2D eigenvalue weighted by atomic mass is 32.1. The minimum Gasteiger partial charge on any atom is -0.390 e. The average molecular weight is 609 g/mol. The van der Waals surface area contributed by atoms with Crippen molar-refractivity contribution in [2.24, 2.45) is 5.92 Å². The van der Waals surface area contributed by atoms with Crippen molar-refractivity contribution in [3.63, 3.8) is 0 Å². The van der Waals surface area contributed by atoms with Crippen LogP contribution in [-0.4, -0.2) is 54.2 Å². The lowest BCUT2D eigenvalue weighted by Crippen LogP contribution is -2.35. The van der Waals surface area contributed by atoms with E-state index in [1.807, 2.05) is 13.0 Å². The van der Waals surface area contributed by atoms with Crippen LogP contribution in [0.15, 0.2) is 30.5 Å². The predicted octanol–water partition coefficient (Wildman–Crippen LogP) is 5.51. The van der Waals surface area contributed by atoms with E-state index in [2.05, 4.69) is 25.6 Å². The van der Waals surface area contributed by atoms with E-state index in [1.165, 1.54) is 29.5 Å². The number of ketones is 1. The van der Waals surface area contributed by atoms with Crippen molar-refractivity contribution in [3.05, 3.63) is 59.0 Å². The van der Waals surface area contributed by atoms with Gasteiger partial charge in [-0.1, -0.05) is 13.0 Å². The van der Waals surface area contributed by atoms with Crippen LogP contribution in [0.4, 0.5) is 20.5 Å².